The van der Waals surface area contributed by atoms with Crippen molar-refractivity contribution < 1.29 is 0 Å². The van der Waals surface area contributed by atoms with Gasteiger partial charge in [0.05, 0.1) is 0 Å². The highest BCUT2D eigenvalue weighted by Gasteiger charge is 1.82. The van der Waals surface area contributed by atoms with Crippen molar-refractivity contribution in [2.24, 2.45) is 0 Å². The molecule has 0 bridgehead atoms. The predicted octanol–water partition coefficient (Wildman–Crippen LogP) is 4.37. The van der Waals surface area contributed by atoms with E-state index < -0.39 is 0 Å². The van der Waals surface area contributed by atoms with E-state index >= 15 is 0 Å². The van der Waals surface area contributed by atoms with Gasteiger partial charge in [0, 0.05) is 0 Å². The average molecular weight is 187 g/mol. The van der Waals surface area contributed by atoms with Crippen molar-refractivity contribution in [1.82, 2.24) is 0 Å². The van der Waals surface area contributed by atoms with E-state index in [1.165, 1.54) is 19.3 Å². The summed E-state index contributed by atoms with van der Waals surface area (Å²) in [6.45, 7) is 0. The third-order valence-corrected chi connectivity index (χ3v) is 2.15. The standard InChI is InChI=1S/C14H19/c1-2-4-6-8-10-12-14-13-11-9-7-5-3-1/h1-4,7,12,14H,5-6,8,10-11,13H2. The van der Waals surface area contributed by atoms with Crippen LogP contribution >= 0.6 is 0 Å². The lowest BCUT2D eigenvalue weighted by Gasteiger charge is -1.91. The average Bonchev–Trinajstić information content (AvgIpc) is 2.22. The Morgan fingerprint density at radius 2 is 1.57 bits per heavy atom. The van der Waals surface area contributed by atoms with E-state index in [0.29, 0.717) is 0 Å². The van der Waals surface area contributed by atoms with E-state index in [-0.39, 0.29) is 0 Å². The molecular weight excluding hydrogens is 168 g/mol. The van der Waals surface area contributed by atoms with Crippen molar-refractivity contribution in [1.29, 1.82) is 0 Å². The fourth-order valence-electron chi connectivity index (χ4n) is 1.34. The van der Waals surface area contributed by atoms with Crippen LogP contribution in [0.15, 0.2) is 42.5 Å². The number of rotatable bonds is 0. The van der Waals surface area contributed by atoms with Crippen LogP contribution in [0.25, 0.3) is 0 Å². The Hall–Kier alpha value is -1.04. The van der Waals surface area contributed by atoms with Crippen molar-refractivity contribution >= 4 is 0 Å². The summed E-state index contributed by atoms with van der Waals surface area (Å²) in [5.74, 6) is 0. The van der Waals surface area contributed by atoms with Crippen molar-refractivity contribution in [2.45, 2.75) is 38.5 Å². The van der Waals surface area contributed by atoms with Gasteiger partial charge in [-0.25, -0.2) is 0 Å². The van der Waals surface area contributed by atoms with Crippen molar-refractivity contribution in [3.63, 3.8) is 0 Å². The Bertz CT molecular complexity index is 228. The zero-order valence-corrected chi connectivity index (χ0v) is 8.78. The molecule has 0 saturated heterocycles. The van der Waals surface area contributed by atoms with Crippen LogP contribution in [-0.4, -0.2) is 0 Å². The van der Waals surface area contributed by atoms with E-state index in [1.54, 1.807) is 0 Å². The Labute approximate surface area is 87.7 Å². The highest BCUT2D eigenvalue weighted by atomic mass is 13.9. The van der Waals surface area contributed by atoms with Crippen LogP contribution in [0.4, 0.5) is 0 Å². The van der Waals surface area contributed by atoms with Crippen LogP contribution in [0.1, 0.15) is 38.5 Å². The van der Waals surface area contributed by atoms with E-state index in [4.69, 9.17) is 0 Å². The lowest BCUT2D eigenvalue weighted by Crippen LogP contribution is -1.71. The Morgan fingerprint density at radius 1 is 0.786 bits per heavy atom. The minimum absolute atomic E-state index is 1.01. The molecule has 0 amide bonds. The van der Waals surface area contributed by atoms with Gasteiger partial charge in [0.1, 0.15) is 0 Å². The minimum atomic E-state index is 1.01. The largest absolute Gasteiger partial charge is 0.0885 e. The van der Waals surface area contributed by atoms with Crippen molar-refractivity contribution in [3.8, 4) is 0 Å². The first kappa shape index (κ1) is 11.0. The minimum Gasteiger partial charge on any atom is -0.0885 e. The lowest BCUT2D eigenvalue weighted by atomic mass is 10.2. The van der Waals surface area contributed by atoms with Gasteiger partial charge in [-0.3, -0.25) is 0 Å². The third kappa shape index (κ3) is 6.47. The van der Waals surface area contributed by atoms with E-state index in [9.17, 15) is 0 Å². The van der Waals surface area contributed by atoms with E-state index in [1.807, 2.05) is 0 Å². The second-order valence-electron chi connectivity index (χ2n) is 3.44. The summed E-state index contributed by atoms with van der Waals surface area (Å²) >= 11 is 0. The lowest BCUT2D eigenvalue weighted by molar-refractivity contribution is 0.861. The van der Waals surface area contributed by atoms with Crippen molar-refractivity contribution in [2.75, 3.05) is 0 Å². The summed E-state index contributed by atoms with van der Waals surface area (Å²) in [5.41, 5.74) is 0. The van der Waals surface area contributed by atoms with Gasteiger partial charge in [0.2, 0.25) is 0 Å². The molecule has 1 aliphatic carbocycles. The first-order valence-electron chi connectivity index (χ1n) is 5.52. The van der Waals surface area contributed by atoms with E-state index in [0.717, 1.165) is 19.3 Å². The van der Waals surface area contributed by atoms with Crippen LogP contribution in [0.3, 0.4) is 0 Å². The molecule has 1 radical (unpaired) electrons. The van der Waals surface area contributed by atoms with Crippen LogP contribution in [0.5, 0.6) is 0 Å². The summed E-state index contributed by atoms with van der Waals surface area (Å²) in [6, 6.07) is 0. The number of hydrogen-bond donors (Lipinski definition) is 0. The molecule has 0 heterocycles. The highest BCUT2D eigenvalue weighted by Crippen LogP contribution is 2.01. The number of allylic oxidation sites excluding steroid dienone is 8. The van der Waals surface area contributed by atoms with Gasteiger partial charge in [0.25, 0.3) is 0 Å². The molecule has 0 aromatic carbocycles. The highest BCUT2D eigenvalue weighted by molar-refractivity contribution is 5.04. The number of hydrogen-bond acceptors (Lipinski definition) is 0. The molecule has 0 nitrogen and oxygen atoms in total. The summed E-state index contributed by atoms with van der Waals surface area (Å²) in [7, 11) is 0. The van der Waals surface area contributed by atoms with E-state index in [2.05, 4.69) is 48.6 Å². The molecule has 0 unspecified atom stereocenters. The maximum Gasteiger partial charge on any atom is -0.0160 e. The van der Waals surface area contributed by atoms with Gasteiger partial charge in [-0.05, 0) is 44.6 Å². The molecule has 0 N–H and O–H groups in total. The molecule has 0 aliphatic heterocycles. The Kier molecular flexibility index (Phi) is 6.74. The van der Waals surface area contributed by atoms with Crippen molar-refractivity contribution in [3.05, 3.63) is 48.6 Å². The Morgan fingerprint density at radius 3 is 2.57 bits per heavy atom. The molecule has 0 heteroatoms. The molecule has 0 spiro atoms. The zero-order valence-electron chi connectivity index (χ0n) is 8.78. The summed E-state index contributed by atoms with van der Waals surface area (Å²) < 4.78 is 0. The molecule has 0 saturated carbocycles. The smallest absolute Gasteiger partial charge is 0.0160 e. The fraction of sp³-hybridized carbons (Fsp3) is 0.429. The van der Waals surface area contributed by atoms with Gasteiger partial charge in [0.15, 0.2) is 0 Å². The molecule has 1 rings (SSSR count). The first-order chi connectivity index (χ1) is 7.00. The summed E-state index contributed by atoms with van der Waals surface area (Å²) in [4.78, 5) is 0. The predicted molar refractivity (Wildman–Crippen MR) is 62.9 cm³/mol. The maximum atomic E-state index is 3.29. The Balaban J connectivity index is 2.34. The second kappa shape index (κ2) is 8.55. The summed E-state index contributed by atoms with van der Waals surface area (Å²) in [5, 5.41) is 0. The van der Waals surface area contributed by atoms with Gasteiger partial charge in [-0.1, -0.05) is 42.5 Å². The maximum absolute atomic E-state index is 3.29. The first-order valence-corrected chi connectivity index (χ1v) is 5.52. The monoisotopic (exact) mass is 187 g/mol. The molecule has 14 heavy (non-hydrogen) atoms. The molecule has 0 aromatic rings. The third-order valence-electron chi connectivity index (χ3n) is 2.15. The van der Waals surface area contributed by atoms with Crippen LogP contribution < -0.4 is 0 Å². The van der Waals surface area contributed by atoms with Gasteiger partial charge in [-0.15, -0.1) is 0 Å². The SMILES string of the molecule is [C]1=CCC=CC=CCCCC=CCC1. The second-order valence-corrected chi connectivity index (χ2v) is 3.44. The summed E-state index contributed by atoms with van der Waals surface area (Å²) in [6.07, 6.45) is 25.5. The molecule has 0 atom stereocenters. The molecular formula is C14H19. The van der Waals surface area contributed by atoms with Gasteiger partial charge < -0.3 is 0 Å². The fourth-order valence-corrected chi connectivity index (χ4v) is 1.34. The molecule has 0 fully saturated rings. The normalized spacial score (nSPS) is 19.4. The zero-order chi connectivity index (χ0) is 9.90. The van der Waals surface area contributed by atoms with Gasteiger partial charge >= 0.3 is 0 Å². The topological polar surface area (TPSA) is 0 Å². The quantitative estimate of drug-likeness (QED) is 0.494. The molecule has 0 aromatic heterocycles. The molecule has 75 valence electrons. The molecule has 1 aliphatic rings. The van der Waals surface area contributed by atoms with Gasteiger partial charge in [-0.2, -0.15) is 0 Å². The van der Waals surface area contributed by atoms with Crippen LogP contribution in [0, 0.1) is 6.08 Å². The van der Waals surface area contributed by atoms with Crippen LogP contribution in [-0.2, 0) is 0 Å². The van der Waals surface area contributed by atoms with Crippen LogP contribution in [0.2, 0.25) is 0 Å².